The average molecular weight is 285 g/mol. The maximum absolute atomic E-state index is 12.3. The van der Waals surface area contributed by atoms with E-state index in [4.69, 9.17) is 5.73 Å². The first kappa shape index (κ1) is 14.3. The van der Waals surface area contributed by atoms with Gasteiger partial charge in [0.1, 0.15) is 0 Å². The summed E-state index contributed by atoms with van der Waals surface area (Å²) < 4.78 is 0. The van der Waals surface area contributed by atoms with Crippen LogP contribution in [-0.2, 0) is 6.54 Å². The third-order valence-corrected chi connectivity index (χ3v) is 3.63. The Bertz CT molecular complexity index is 640. The van der Waals surface area contributed by atoms with E-state index < -0.39 is 0 Å². The van der Waals surface area contributed by atoms with E-state index in [2.05, 4.69) is 16.8 Å². The fraction of sp³-hybridized carbons (Fsp3) is 0.200. The number of amides is 1. The maximum Gasteiger partial charge on any atom is 0.264 e. The van der Waals surface area contributed by atoms with Crippen molar-refractivity contribution in [3.05, 3.63) is 52.0 Å². The van der Waals surface area contributed by atoms with E-state index in [0.717, 1.165) is 10.4 Å². The minimum atomic E-state index is -0.00684. The second kappa shape index (κ2) is 6.85. The molecular weight excluding hydrogens is 270 g/mol. The third kappa shape index (κ3) is 3.67. The van der Waals surface area contributed by atoms with Gasteiger partial charge in [-0.2, -0.15) is 0 Å². The van der Waals surface area contributed by atoms with Gasteiger partial charge in [-0.05, 0) is 29.8 Å². The second-order valence-electron chi connectivity index (χ2n) is 4.19. The van der Waals surface area contributed by atoms with Gasteiger partial charge in [0.05, 0.1) is 16.3 Å². The summed E-state index contributed by atoms with van der Waals surface area (Å²) in [5.41, 5.74) is 6.38. The molecule has 0 atom stereocenters. The Morgan fingerprint density at radius 3 is 2.80 bits per heavy atom. The Kier molecular flexibility index (Phi) is 4.88. The first-order valence-corrected chi connectivity index (χ1v) is 6.95. The summed E-state index contributed by atoms with van der Waals surface area (Å²) in [6.07, 6.45) is 3.44. The highest BCUT2D eigenvalue weighted by Gasteiger charge is 2.14. The van der Waals surface area contributed by atoms with Gasteiger partial charge in [0.2, 0.25) is 0 Å². The zero-order valence-corrected chi connectivity index (χ0v) is 12.0. The average Bonchev–Trinajstić information content (AvgIpc) is 2.94. The Balaban J connectivity index is 2.05. The molecule has 2 aromatic rings. The molecule has 0 aliphatic rings. The van der Waals surface area contributed by atoms with E-state index in [1.54, 1.807) is 30.4 Å². The number of hydrogen-bond acceptors (Lipinski definition) is 4. The van der Waals surface area contributed by atoms with E-state index in [1.807, 2.05) is 18.2 Å². The van der Waals surface area contributed by atoms with Crippen LogP contribution in [-0.4, -0.2) is 29.4 Å². The Hall–Kier alpha value is -2.16. The van der Waals surface area contributed by atoms with Crippen LogP contribution in [0.1, 0.15) is 20.1 Å². The molecule has 2 rings (SSSR count). The number of carbonyl (C=O) groups is 1. The number of thiophene rings is 1. The molecule has 0 fully saturated rings. The lowest BCUT2D eigenvalue weighted by Gasteiger charge is -2.15. The van der Waals surface area contributed by atoms with Gasteiger partial charge in [0.25, 0.3) is 5.91 Å². The van der Waals surface area contributed by atoms with Crippen molar-refractivity contribution in [3.8, 4) is 11.8 Å². The van der Waals surface area contributed by atoms with Crippen LogP contribution in [0.3, 0.4) is 0 Å². The van der Waals surface area contributed by atoms with Crippen molar-refractivity contribution in [1.29, 1.82) is 0 Å². The van der Waals surface area contributed by atoms with Crippen molar-refractivity contribution in [2.45, 2.75) is 6.54 Å². The predicted octanol–water partition coefficient (Wildman–Crippen LogP) is 1.73. The summed E-state index contributed by atoms with van der Waals surface area (Å²) in [5, 5.41) is 0. The molecule has 2 aromatic heterocycles. The van der Waals surface area contributed by atoms with Crippen molar-refractivity contribution in [2.24, 2.45) is 5.73 Å². The summed E-state index contributed by atoms with van der Waals surface area (Å²) in [4.78, 5) is 19.5. The van der Waals surface area contributed by atoms with E-state index >= 15 is 0 Å². The largest absolute Gasteiger partial charge is 0.337 e. The van der Waals surface area contributed by atoms with Crippen LogP contribution in [0.15, 0.2) is 36.7 Å². The van der Waals surface area contributed by atoms with Crippen molar-refractivity contribution < 1.29 is 4.79 Å². The summed E-state index contributed by atoms with van der Waals surface area (Å²) in [6.45, 7) is 0.881. The SMILES string of the molecule is CN(Cc1ccncc1)C(=O)c1ccc(C#CCN)s1. The fourth-order valence-corrected chi connectivity index (χ4v) is 2.56. The molecule has 0 radical (unpaired) electrons. The minimum Gasteiger partial charge on any atom is -0.337 e. The maximum atomic E-state index is 12.3. The Morgan fingerprint density at radius 1 is 1.35 bits per heavy atom. The third-order valence-electron chi connectivity index (χ3n) is 2.65. The lowest BCUT2D eigenvalue weighted by atomic mass is 10.2. The Labute approximate surface area is 122 Å². The molecule has 0 bridgehead atoms. The molecule has 2 N–H and O–H groups in total. The number of pyridine rings is 1. The molecule has 2 heterocycles. The highest BCUT2D eigenvalue weighted by molar-refractivity contribution is 7.14. The van der Waals surface area contributed by atoms with Crippen molar-refractivity contribution in [3.63, 3.8) is 0 Å². The van der Waals surface area contributed by atoms with Gasteiger partial charge in [0, 0.05) is 26.0 Å². The summed E-state index contributed by atoms with van der Waals surface area (Å²) >= 11 is 1.39. The highest BCUT2D eigenvalue weighted by atomic mass is 32.1. The summed E-state index contributed by atoms with van der Waals surface area (Å²) in [7, 11) is 1.79. The fourth-order valence-electron chi connectivity index (χ4n) is 1.68. The normalized spacial score (nSPS) is 9.70. The number of rotatable bonds is 3. The van der Waals surface area contributed by atoms with Crippen molar-refractivity contribution >= 4 is 17.2 Å². The van der Waals surface area contributed by atoms with Crippen molar-refractivity contribution in [2.75, 3.05) is 13.6 Å². The standard InChI is InChI=1S/C15H15N3OS/c1-18(11-12-6-9-17-10-7-12)15(19)14-5-4-13(20-14)3-2-8-16/h4-7,9-10H,8,11,16H2,1H3. The van der Waals surface area contributed by atoms with Gasteiger partial charge in [-0.1, -0.05) is 11.8 Å². The number of nitrogens with zero attached hydrogens (tertiary/aromatic N) is 2. The number of hydrogen-bond donors (Lipinski definition) is 1. The van der Waals surface area contributed by atoms with E-state index in [9.17, 15) is 4.79 Å². The number of carbonyl (C=O) groups excluding carboxylic acids is 1. The lowest BCUT2D eigenvalue weighted by molar-refractivity contribution is 0.0790. The Morgan fingerprint density at radius 2 is 2.10 bits per heavy atom. The van der Waals surface area contributed by atoms with E-state index in [0.29, 0.717) is 18.0 Å². The molecule has 0 aliphatic carbocycles. The molecule has 0 aromatic carbocycles. The van der Waals surface area contributed by atoms with Gasteiger partial charge in [-0.25, -0.2) is 0 Å². The summed E-state index contributed by atoms with van der Waals surface area (Å²) in [5.74, 6) is 5.71. The van der Waals surface area contributed by atoms with Gasteiger partial charge >= 0.3 is 0 Å². The zero-order valence-electron chi connectivity index (χ0n) is 11.2. The van der Waals surface area contributed by atoms with Gasteiger partial charge in [-0.3, -0.25) is 9.78 Å². The molecule has 0 spiro atoms. The zero-order chi connectivity index (χ0) is 14.4. The van der Waals surface area contributed by atoms with E-state index in [1.165, 1.54) is 11.3 Å². The lowest BCUT2D eigenvalue weighted by Crippen LogP contribution is -2.25. The van der Waals surface area contributed by atoms with Gasteiger partial charge in [-0.15, -0.1) is 11.3 Å². The van der Waals surface area contributed by atoms with Crippen molar-refractivity contribution in [1.82, 2.24) is 9.88 Å². The summed E-state index contributed by atoms with van der Waals surface area (Å²) in [6, 6.07) is 7.45. The molecule has 4 nitrogen and oxygen atoms in total. The molecule has 102 valence electrons. The van der Waals surface area contributed by atoms with Crippen LogP contribution in [0.4, 0.5) is 0 Å². The van der Waals surface area contributed by atoms with Crippen LogP contribution >= 0.6 is 11.3 Å². The predicted molar refractivity (Wildman–Crippen MR) is 80.3 cm³/mol. The van der Waals surface area contributed by atoms with Crippen LogP contribution < -0.4 is 5.73 Å². The molecule has 1 amide bonds. The molecule has 5 heteroatoms. The van der Waals surface area contributed by atoms with Gasteiger partial charge < -0.3 is 10.6 Å². The number of aromatic nitrogens is 1. The monoisotopic (exact) mass is 285 g/mol. The molecule has 20 heavy (non-hydrogen) atoms. The first-order chi connectivity index (χ1) is 9.70. The number of nitrogens with two attached hydrogens (primary N) is 1. The highest BCUT2D eigenvalue weighted by Crippen LogP contribution is 2.18. The smallest absolute Gasteiger partial charge is 0.264 e. The van der Waals surface area contributed by atoms with Crippen LogP contribution in [0.2, 0.25) is 0 Å². The molecule has 0 unspecified atom stereocenters. The van der Waals surface area contributed by atoms with Crippen LogP contribution in [0.5, 0.6) is 0 Å². The quantitative estimate of drug-likeness (QED) is 0.874. The molecular formula is C15H15N3OS. The van der Waals surface area contributed by atoms with E-state index in [-0.39, 0.29) is 5.91 Å². The first-order valence-electron chi connectivity index (χ1n) is 6.14. The molecule has 0 aliphatic heterocycles. The molecule has 0 saturated heterocycles. The van der Waals surface area contributed by atoms with Crippen LogP contribution in [0.25, 0.3) is 0 Å². The molecule has 0 saturated carbocycles. The van der Waals surface area contributed by atoms with Crippen LogP contribution in [0, 0.1) is 11.8 Å². The second-order valence-corrected chi connectivity index (χ2v) is 5.27. The topological polar surface area (TPSA) is 59.2 Å². The minimum absolute atomic E-state index is 0.00684. The van der Waals surface area contributed by atoms with Gasteiger partial charge in [0.15, 0.2) is 0 Å².